The highest BCUT2D eigenvalue weighted by Gasteiger charge is 2.15. The van der Waals surface area contributed by atoms with Crippen molar-refractivity contribution in [1.82, 2.24) is 9.55 Å². The molecule has 2 heterocycles. The van der Waals surface area contributed by atoms with Crippen LogP contribution < -0.4 is 0 Å². The maximum absolute atomic E-state index is 12.4. The van der Waals surface area contributed by atoms with Crippen LogP contribution >= 0.6 is 0 Å². The first-order chi connectivity index (χ1) is 14.0. The lowest BCUT2D eigenvalue weighted by atomic mass is 10.1. The summed E-state index contributed by atoms with van der Waals surface area (Å²) < 4.78 is 13.0. The van der Waals surface area contributed by atoms with Gasteiger partial charge in [0.15, 0.2) is 12.4 Å². The molecule has 6 heteroatoms. The van der Waals surface area contributed by atoms with E-state index in [1.165, 1.54) is 0 Å². The Bertz CT molecular complexity index is 1070. The number of nitriles is 1. The average molecular weight is 389 g/mol. The number of nitrogens with zero attached hydrogens (tertiary/aromatic N) is 3. The van der Waals surface area contributed by atoms with E-state index in [-0.39, 0.29) is 18.1 Å². The fourth-order valence-electron chi connectivity index (χ4n) is 3.15. The largest absolute Gasteiger partial charge is 0.452 e. The lowest BCUT2D eigenvalue weighted by Gasteiger charge is -2.07. The van der Waals surface area contributed by atoms with Crippen molar-refractivity contribution in [2.45, 2.75) is 40.3 Å². The normalized spacial score (nSPS) is 11.3. The summed E-state index contributed by atoms with van der Waals surface area (Å²) in [5.41, 5.74) is 3.78. The molecule has 0 radical (unpaired) electrons. The van der Waals surface area contributed by atoms with Gasteiger partial charge in [0.05, 0.1) is 6.20 Å². The van der Waals surface area contributed by atoms with Crippen molar-refractivity contribution in [3.8, 4) is 17.4 Å². The molecule has 0 amide bonds. The number of oxazole rings is 1. The smallest absolute Gasteiger partial charge is 0.349 e. The fourth-order valence-corrected chi connectivity index (χ4v) is 3.15. The van der Waals surface area contributed by atoms with Crippen molar-refractivity contribution in [3.63, 3.8) is 0 Å². The SMILES string of the molecule is CCCn1c(C)cc(/C=C(\C#N)C(=O)OCc2ncc(-c3ccccc3)o2)c1C. The van der Waals surface area contributed by atoms with Crippen molar-refractivity contribution in [3.05, 3.63) is 71.0 Å². The van der Waals surface area contributed by atoms with Crippen molar-refractivity contribution in [2.75, 3.05) is 0 Å². The van der Waals surface area contributed by atoms with Crippen LogP contribution in [-0.4, -0.2) is 15.5 Å². The number of hydrogen-bond acceptors (Lipinski definition) is 5. The maximum atomic E-state index is 12.4. The van der Waals surface area contributed by atoms with Gasteiger partial charge in [-0.15, -0.1) is 0 Å². The first-order valence-electron chi connectivity index (χ1n) is 9.49. The molecule has 0 aliphatic heterocycles. The van der Waals surface area contributed by atoms with Crippen molar-refractivity contribution >= 4 is 12.0 Å². The molecule has 3 aromatic rings. The minimum absolute atomic E-state index is 0.0587. The van der Waals surface area contributed by atoms with Gasteiger partial charge in [-0.1, -0.05) is 37.3 Å². The molecule has 1 aromatic carbocycles. The number of aryl methyl sites for hydroxylation is 1. The van der Waals surface area contributed by atoms with E-state index >= 15 is 0 Å². The van der Waals surface area contributed by atoms with Crippen LogP contribution in [0.5, 0.6) is 0 Å². The average Bonchev–Trinajstić information content (AvgIpc) is 3.31. The predicted molar refractivity (Wildman–Crippen MR) is 110 cm³/mol. The van der Waals surface area contributed by atoms with Gasteiger partial charge in [0.1, 0.15) is 11.6 Å². The third-order valence-corrected chi connectivity index (χ3v) is 4.64. The molecule has 0 aliphatic carbocycles. The number of esters is 1. The van der Waals surface area contributed by atoms with Gasteiger partial charge in [-0.25, -0.2) is 9.78 Å². The van der Waals surface area contributed by atoms with E-state index in [9.17, 15) is 10.1 Å². The monoisotopic (exact) mass is 389 g/mol. The highest BCUT2D eigenvalue weighted by Crippen LogP contribution is 2.21. The molecule has 0 unspecified atom stereocenters. The molecule has 148 valence electrons. The second-order valence-corrected chi connectivity index (χ2v) is 6.71. The quantitative estimate of drug-likeness (QED) is 0.329. The molecule has 6 nitrogen and oxygen atoms in total. The lowest BCUT2D eigenvalue weighted by Crippen LogP contribution is -2.07. The Morgan fingerprint density at radius 1 is 1.31 bits per heavy atom. The summed E-state index contributed by atoms with van der Waals surface area (Å²) in [5, 5.41) is 9.41. The number of benzene rings is 1. The number of carbonyl (C=O) groups is 1. The van der Waals surface area contributed by atoms with E-state index in [0.717, 1.165) is 35.5 Å². The lowest BCUT2D eigenvalue weighted by molar-refractivity contribution is -0.140. The minimum Gasteiger partial charge on any atom is -0.452 e. The second kappa shape index (κ2) is 9.07. The van der Waals surface area contributed by atoms with Crippen LogP contribution in [0.15, 0.2) is 52.6 Å². The molecule has 0 N–H and O–H groups in total. The summed E-state index contributed by atoms with van der Waals surface area (Å²) >= 11 is 0. The first-order valence-corrected chi connectivity index (χ1v) is 9.49. The zero-order valence-corrected chi connectivity index (χ0v) is 16.8. The highest BCUT2D eigenvalue weighted by molar-refractivity contribution is 5.98. The van der Waals surface area contributed by atoms with Crippen LogP contribution in [0.2, 0.25) is 0 Å². The molecule has 0 fully saturated rings. The number of aromatic nitrogens is 2. The zero-order chi connectivity index (χ0) is 20.8. The molecular weight excluding hydrogens is 366 g/mol. The van der Waals surface area contributed by atoms with E-state index in [4.69, 9.17) is 9.15 Å². The molecule has 0 bridgehead atoms. The topological polar surface area (TPSA) is 81.0 Å². The van der Waals surface area contributed by atoms with Crippen LogP contribution in [-0.2, 0) is 22.7 Å². The molecule has 0 saturated carbocycles. The number of carbonyl (C=O) groups excluding carboxylic acids is 1. The molecule has 0 spiro atoms. The molecule has 2 aromatic heterocycles. The Balaban J connectivity index is 1.70. The molecule has 0 atom stereocenters. The second-order valence-electron chi connectivity index (χ2n) is 6.71. The van der Waals surface area contributed by atoms with Gasteiger partial charge in [-0.2, -0.15) is 5.26 Å². The Morgan fingerprint density at radius 3 is 2.76 bits per heavy atom. The summed E-state index contributed by atoms with van der Waals surface area (Å²) in [6, 6.07) is 13.4. The summed E-state index contributed by atoms with van der Waals surface area (Å²) in [6.07, 6.45) is 4.16. The van der Waals surface area contributed by atoms with Crippen molar-refractivity contribution in [1.29, 1.82) is 5.26 Å². The number of rotatable bonds is 7. The predicted octanol–water partition coefficient (Wildman–Crippen LogP) is 4.82. The molecular formula is C23H23N3O3. The van der Waals surface area contributed by atoms with Crippen LogP contribution in [0.4, 0.5) is 0 Å². The van der Waals surface area contributed by atoms with Crippen molar-refractivity contribution in [2.24, 2.45) is 0 Å². The molecule has 0 saturated heterocycles. The van der Waals surface area contributed by atoms with E-state index in [2.05, 4.69) is 16.5 Å². The van der Waals surface area contributed by atoms with Gasteiger partial charge in [-0.3, -0.25) is 0 Å². The molecule has 3 rings (SSSR count). The van der Waals surface area contributed by atoms with E-state index in [0.29, 0.717) is 5.76 Å². The minimum atomic E-state index is -0.702. The molecule has 29 heavy (non-hydrogen) atoms. The third kappa shape index (κ3) is 4.64. The van der Waals surface area contributed by atoms with Crippen LogP contribution in [0.3, 0.4) is 0 Å². The van der Waals surface area contributed by atoms with Gasteiger partial charge >= 0.3 is 5.97 Å². The summed E-state index contributed by atoms with van der Waals surface area (Å²) in [6.45, 7) is 6.85. The molecule has 0 aliphatic rings. The van der Waals surface area contributed by atoms with Gasteiger partial charge in [0.25, 0.3) is 0 Å². The fraction of sp³-hybridized carbons (Fsp3) is 0.261. The Kier molecular flexibility index (Phi) is 6.30. The van der Waals surface area contributed by atoms with E-state index in [1.807, 2.05) is 56.3 Å². The van der Waals surface area contributed by atoms with Gasteiger partial charge < -0.3 is 13.7 Å². The summed E-state index contributed by atoms with van der Waals surface area (Å²) in [7, 11) is 0. The zero-order valence-electron chi connectivity index (χ0n) is 16.8. The van der Waals surface area contributed by atoms with E-state index < -0.39 is 5.97 Å². The third-order valence-electron chi connectivity index (χ3n) is 4.64. The van der Waals surface area contributed by atoms with Gasteiger partial charge in [0, 0.05) is 23.5 Å². The summed E-state index contributed by atoms with van der Waals surface area (Å²) in [5.74, 6) is 0.166. The van der Waals surface area contributed by atoms with Gasteiger partial charge in [0.2, 0.25) is 5.89 Å². The maximum Gasteiger partial charge on any atom is 0.349 e. The summed E-state index contributed by atoms with van der Waals surface area (Å²) in [4.78, 5) is 16.5. The number of ether oxygens (including phenoxy) is 1. The highest BCUT2D eigenvalue weighted by atomic mass is 16.5. The number of hydrogen-bond donors (Lipinski definition) is 0. The van der Waals surface area contributed by atoms with Crippen LogP contribution in [0, 0.1) is 25.2 Å². The Morgan fingerprint density at radius 2 is 2.07 bits per heavy atom. The van der Waals surface area contributed by atoms with Crippen LogP contribution in [0.25, 0.3) is 17.4 Å². The Labute approximate surface area is 170 Å². The standard InChI is InChI=1S/C23H23N3O3/c1-4-10-26-16(2)11-19(17(26)3)12-20(13-24)23(27)28-15-22-25-14-21(29-22)18-8-6-5-7-9-18/h5-9,11-12,14H,4,10,15H2,1-3H3/b20-12+. The van der Waals surface area contributed by atoms with Crippen LogP contribution in [0.1, 0.15) is 36.2 Å². The van der Waals surface area contributed by atoms with E-state index in [1.54, 1.807) is 12.3 Å². The Hall–Kier alpha value is -3.59. The van der Waals surface area contributed by atoms with Gasteiger partial charge in [-0.05, 0) is 38.0 Å². The van der Waals surface area contributed by atoms with Crippen molar-refractivity contribution < 1.29 is 13.9 Å². The first kappa shape index (κ1) is 20.2.